The lowest BCUT2D eigenvalue weighted by Gasteiger charge is -2.29. The van der Waals surface area contributed by atoms with Gasteiger partial charge in [0.15, 0.2) is 0 Å². The molecule has 0 bridgehead atoms. The van der Waals surface area contributed by atoms with Gasteiger partial charge in [0.2, 0.25) is 0 Å². The molecule has 1 N–H and O–H groups in total. The first-order valence-corrected chi connectivity index (χ1v) is 11.6. The van der Waals surface area contributed by atoms with Crippen LogP contribution in [0.2, 0.25) is 0 Å². The van der Waals surface area contributed by atoms with Gasteiger partial charge in [-0.15, -0.1) is 0 Å². The van der Waals surface area contributed by atoms with Crippen LogP contribution in [-0.4, -0.2) is 5.71 Å². The van der Waals surface area contributed by atoms with Gasteiger partial charge in [0, 0.05) is 27.9 Å². The second-order valence-corrected chi connectivity index (χ2v) is 8.84. The van der Waals surface area contributed by atoms with Crippen molar-refractivity contribution >= 4 is 38.6 Å². The molecule has 0 saturated heterocycles. The van der Waals surface area contributed by atoms with Crippen molar-refractivity contribution in [1.82, 2.24) is 0 Å². The first-order chi connectivity index (χ1) is 15.8. The maximum absolute atomic E-state index is 5.08. The Morgan fingerprint density at radius 1 is 0.656 bits per heavy atom. The van der Waals surface area contributed by atoms with Crippen LogP contribution in [0.25, 0.3) is 21.5 Å². The molecule has 0 fully saturated rings. The summed E-state index contributed by atoms with van der Waals surface area (Å²) in [5.41, 5.74) is 6.17. The lowest BCUT2D eigenvalue weighted by Crippen LogP contribution is -2.18. The zero-order chi connectivity index (χ0) is 21.3. The summed E-state index contributed by atoms with van der Waals surface area (Å²) in [4.78, 5) is 5.08. The van der Waals surface area contributed by atoms with Crippen LogP contribution in [0.1, 0.15) is 25.7 Å². The number of benzene rings is 4. The number of anilines is 1. The lowest BCUT2D eigenvalue weighted by atomic mass is 9.79. The molecule has 4 aromatic carbocycles. The first-order valence-electron chi connectivity index (χ1n) is 11.6. The van der Waals surface area contributed by atoms with Crippen molar-refractivity contribution in [3.05, 3.63) is 108 Å². The van der Waals surface area contributed by atoms with Gasteiger partial charge in [0.05, 0.1) is 5.69 Å². The van der Waals surface area contributed by atoms with Crippen LogP contribution in [0.4, 0.5) is 11.4 Å². The average molecular weight is 415 g/mol. The Morgan fingerprint density at radius 2 is 1.34 bits per heavy atom. The van der Waals surface area contributed by atoms with Crippen LogP contribution in [0.5, 0.6) is 0 Å². The van der Waals surface area contributed by atoms with E-state index in [9.17, 15) is 0 Å². The molecular formula is C30H26N2. The normalized spacial score (nSPS) is 19.5. The maximum Gasteiger partial charge on any atom is 0.0711 e. The minimum absolute atomic E-state index is 0.652. The third-order valence-electron chi connectivity index (χ3n) is 6.77. The van der Waals surface area contributed by atoms with Gasteiger partial charge in [-0.3, -0.25) is 4.99 Å². The molecule has 0 spiro atoms. The summed E-state index contributed by atoms with van der Waals surface area (Å²) < 4.78 is 0. The minimum atomic E-state index is 0.652. The molecule has 2 nitrogen and oxygen atoms in total. The highest BCUT2D eigenvalue weighted by Gasteiger charge is 2.24. The Bertz CT molecular complexity index is 1400. The summed E-state index contributed by atoms with van der Waals surface area (Å²) in [6.07, 6.45) is 9.25. The summed E-state index contributed by atoms with van der Waals surface area (Å²) in [6, 6.07) is 29.9. The van der Waals surface area contributed by atoms with E-state index in [4.69, 9.17) is 4.99 Å². The van der Waals surface area contributed by atoms with E-state index in [1.165, 1.54) is 57.1 Å². The van der Waals surface area contributed by atoms with Gasteiger partial charge in [0.1, 0.15) is 0 Å². The van der Waals surface area contributed by atoms with Gasteiger partial charge >= 0.3 is 0 Å². The van der Waals surface area contributed by atoms with E-state index in [-0.39, 0.29) is 0 Å². The van der Waals surface area contributed by atoms with Crippen molar-refractivity contribution < 1.29 is 0 Å². The Labute approximate surface area is 189 Å². The Hall–Kier alpha value is -3.65. The van der Waals surface area contributed by atoms with Crippen molar-refractivity contribution in [2.24, 2.45) is 10.9 Å². The quantitative estimate of drug-likeness (QED) is 0.359. The minimum Gasteiger partial charge on any atom is -0.358 e. The van der Waals surface area contributed by atoms with Crippen molar-refractivity contribution in [2.45, 2.75) is 25.7 Å². The zero-order valence-electron chi connectivity index (χ0n) is 18.1. The van der Waals surface area contributed by atoms with E-state index >= 15 is 0 Å². The maximum atomic E-state index is 5.08. The highest BCUT2D eigenvalue weighted by Crippen LogP contribution is 2.37. The molecule has 2 heteroatoms. The van der Waals surface area contributed by atoms with Crippen molar-refractivity contribution in [2.75, 3.05) is 5.32 Å². The number of hydrogen-bond acceptors (Lipinski definition) is 2. The number of nitrogens with one attached hydrogen (secondary N) is 1. The fraction of sp³-hybridized carbons (Fsp3) is 0.167. The van der Waals surface area contributed by atoms with Gasteiger partial charge in [0.25, 0.3) is 0 Å². The molecule has 0 aromatic heterocycles. The fourth-order valence-corrected chi connectivity index (χ4v) is 5.10. The SMILES string of the molecule is C1=C(Nc2cccc3ccccc23)CCC2CC/C(=N\c3cccc4ccccc34)C=C12. The van der Waals surface area contributed by atoms with Crippen LogP contribution in [0, 0.1) is 5.92 Å². The van der Waals surface area contributed by atoms with Crippen LogP contribution in [-0.2, 0) is 0 Å². The summed E-state index contributed by atoms with van der Waals surface area (Å²) in [5, 5.41) is 8.74. The van der Waals surface area contributed by atoms with E-state index < -0.39 is 0 Å². The van der Waals surface area contributed by atoms with Crippen LogP contribution in [0.3, 0.4) is 0 Å². The molecule has 1 unspecified atom stereocenters. The topological polar surface area (TPSA) is 24.4 Å². The Kier molecular flexibility index (Phi) is 4.84. The smallest absolute Gasteiger partial charge is 0.0711 e. The van der Waals surface area contributed by atoms with Gasteiger partial charge < -0.3 is 5.32 Å². The predicted molar refractivity (Wildman–Crippen MR) is 137 cm³/mol. The second kappa shape index (κ2) is 8.12. The Balaban J connectivity index is 1.33. The van der Waals surface area contributed by atoms with E-state index in [2.05, 4.69) is 102 Å². The number of allylic oxidation sites excluding steroid dienone is 4. The summed E-state index contributed by atoms with van der Waals surface area (Å²) in [7, 11) is 0. The molecule has 0 radical (unpaired) electrons. The van der Waals surface area contributed by atoms with E-state index in [0.717, 1.165) is 18.5 Å². The number of fused-ring (bicyclic) bond motifs is 3. The summed E-state index contributed by atoms with van der Waals surface area (Å²) >= 11 is 0. The van der Waals surface area contributed by atoms with Crippen molar-refractivity contribution in [3.8, 4) is 0 Å². The predicted octanol–water partition coefficient (Wildman–Crippen LogP) is 8.19. The zero-order valence-corrected chi connectivity index (χ0v) is 18.1. The van der Waals surface area contributed by atoms with Gasteiger partial charge in [-0.25, -0.2) is 0 Å². The molecule has 6 rings (SSSR count). The molecule has 2 aliphatic rings. The average Bonchev–Trinajstić information content (AvgIpc) is 2.84. The fourth-order valence-electron chi connectivity index (χ4n) is 5.10. The highest BCUT2D eigenvalue weighted by atomic mass is 14.9. The number of rotatable bonds is 3. The van der Waals surface area contributed by atoms with Crippen molar-refractivity contribution in [1.29, 1.82) is 0 Å². The molecule has 2 aliphatic carbocycles. The molecule has 0 heterocycles. The Morgan fingerprint density at radius 3 is 2.22 bits per heavy atom. The van der Waals surface area contributed by atoms with Gasteiger partial charge in [-0.1, -0.05) is 72.8 Å². The molecule has 32 heavy (non-hydrogen) atoms. The molecule has 4 aromatic rings. The number of nitrogens with zero attached hydrogens (tertiary/aromatic N) is 1. The summed E-state index contributed by atoms with van der Waals surface area (Å²) in [6.45, 7) is 0. The molecular weight excluding hydrogens is 388 g/mol. The monoisotopic (exact) mass is 414 g/mol. The van der Waals surface area contributed by atoms with Gasteiger partial charge in [-0.2, -0.15) is 0 Å². The highest BCUT2D eigenvalue weighted by molar-refractivity contribution is 6.02. The molecule has 0 amide bonds. The van der Waals surface area contributed by atoms with E-state index in [0.29, 0.717) is 5.92 Å². The molecule has 0 aliphatic heterocycles. The van der Waals surface area contributed by atoms with Crippen LogP contribution in [0.15, 0.2) is 113 Å². The first kappa shape index (κ1) is 19.1. The second-order valence-electron chi connectivity index (χ2n) is 8.84. The third kappa shape index (κ3) is 3.62. The van der Waals surface area contributed by atoms with Crippen LogP contribution >= 0.6 is 0 Å². The van der Waals surface area contributed by atoms with Crippen molar-refractivity contribution in [3.63, 3.8) is 0 Å². The molecule has 1 atom stereocenters. The molecule has 0 saturated carbocycles. The van der Waals surface area contributed by atoms with E-state index in [1.54, 1.807) is 0 Å². The van der Waals surface area contributed by atoms with E-state index in [1.807, 2.05) is 0 Å². The lowest BCUT2D eigenvalue weighted by molar-refractivity contribution is 0.515. The number of hydrogen-bond donors (Lipinski definition) is 1. The van der Waals surface area contributed by atoms with Crippen LogP contribution < -0.4 is 5.32 Å². The number of aliphatic imine (C=N–C) groups is 1. The van der Waals surface area contributed by atoms with Gasteiger partial charge in [-0.05, 0) is 72.2 Å². The molecule has 156 valence electrons. The summed E-state index contributed by atoms with van der Waals surface area (Å²) in [5.74, 6) is 0.652. The largest absolute Gasteiger partial charge is 0.358 e. The standard InChI is InChI=1S/C30H26N2/c1-3-11-27-22(7-1)9-5-13-29(27)31-25-17-15-21-16-18-26(20-24(21)19-25)32-30-14-6-10-23-8-2-4-12-28(23)30/h1-14,19-21,31H,15-18H2/b32-26+. The third-order valence-corrected chi connectivity index (χ3v) is 6.77.